The van der Waals surface area contributed by atoms with Crippen molar-refractivity contribution < 1.29 is 4.74 Å². The summed E-state index contributed by atoms with van der Waals surface area (Å²) >= 11 is 0. The number of guanidine groups is 1. The second kappa shape index (κ2) is 11.3. The van der Waals surface area contributed by atoms with Crippen LogP contribution in [0.2, 0.25) is 0 Å². The lowest BCUT2D eigenvalue weighted by molar-refractivity contribution is 0.0263. The van der Waals surface area contributed by atoms with Crippen molar-refractivity contribution in [2.24, 2.45) is 4.99 Å². The molecule has 1 aliphatic rings. The van der Waals surface area contributed by atoms with Gasteiger partial charge in [-0.1, -0.05) is 24.3 Å². The lowest BCUT2D eigenvalue weighted by atomic mass is 10.1. The van der Waals surface area contributed by atoms with Crippen molar-refractivity contribution in [3.05, 3.63) is 53.9 Å². The van der Waals surface area contributed by atoms with Gasteiger partial charge in [-0.3, -0.25) is 9.67 Å². The minimum atomic E-state index is 0. The number of halogens is 1. The molecule has 0 radical (unpaired) electrons. The molecule has 1 saturated heterocycles. The molecule has 27 heavy (non-hydrogen) atoms. The third-order valence-electron chi connectivity index (χ3n) is 4.80. The van der Waals surface area contributed by atoms with Gasteiger partial charge in [0.2, 0.25) is 0 Å². The van der Waals surface area contributed by atoms with Gasteiger partial charge in [-0.25, -0.2) is 0 Å². The van der Waals surface area contributed by atoms with Gasteiger partial charge in [0, 0.05) is 45.7 Å². The van der Waals surface area contributed by atoms with Crippen LogP contribution in [0, 0.1) is 0 Å². The molecule has 7 heteroatoms. The van der Waals surface area contributed by atoms with Gasteiger partial charge in [0.1, 0.15) is 0 Å². The summed E-state index contributed by atoms with van der Waals surface area (Å²) in [5, 5.41) is 7.84. The van der Waals surface area contributed by atoms with E-state index in [1.165, 1.54) is 11.1 Å². The van der Waals surface area contributed by atoms with Crippen LogP contribution in [0.5, 0.6) is 0 Å². The normalized spacial score (nSPS) is 15.5. The molecular formula is C20H30IN5O. The SMILES string of the molecule is CCOC1CCN(C(=NC)NCc2ccccc2Cn2cccn2)CC1.I. The van der Waals surface area contributed by atoms with Gasteiger partial charge in [-0.05, 0) is 37.0 Å². The first kappa shape index (κ1) is 21.7. The Hall–Kier alpha value is -1.61. The number of rotatable bonds is 6. The number of aliphatic imine (C=N–C) groups is 1. The molecule has 0 bridgehead atoms. The Bertz CT molecular complexity index is 696. The van der Waals surface area contributed by atoms with Crippen molar-refractivity contribution in [2.75, 3.05) is 26.7 Å². The van der Waals surface area contributed by atoms with E-state index in [0.717, 1.165) is 51.6 Å². The van der Waals surface area contributed by atoms with E-state index in [9.17, 15) is 0 Å². The van der Waals surface area contributed by atoms with E-state index >= 15 is 0 Å². The molecule has 6 nitrogen and oxygen atoms in total. The van der Waals surface area contributed by atoms with E-state index < -0.39 is 0 Å². The van der Waals surface area contributed by atoms with Gasteiger partial charge in [-0.15, -0.1) is 24.0 Å². The zero-order valence-corrected chi connectivity index (χ0v) is 18.5. The first-order valence-corrected chi connectivity index (χ1v) is 9.41. The number of hydrogen-bond donors (Lipinski definition) is 1. The molecule has 0 unspecified atom stereocenters. The number of nitrogens with one attached hydrogen (secondary N) is 1. The van der Waals surface area contributed by atoms with Crippen LogP contribution in [0.3, 0.4) is 0 Å². The quantitative estimate of drug-likeness (QED) is 0.390. The van der Waals surface area contributed by atoms with Crippen molar-refractivity contribution in [1.82, 2.24) is 20.0 Å². The van der Waals surface area contributed by atoms with Crippen LogP contribution >= 0.6 is 24.0 Å². The summed E-state index contributed by atoms with van der Waals surface area (Å²) in [5.74, 6) is 0.967. The number of ether oxygens (including phenoxy) is 1. The molecule has 0 spiro atoms. The Morgan fingerprint density at radius 2 is 1.96 bits per heavy atom. The number of aromatic nitrogens is 2. The molecule has 1 aromatic heterocycles. The molecule has 1 aliphatic heterocycles. The molecule has 0 aliphatic carbocycles. The van der Waals surface area contributed by atoms with Gasteiger partial charge >= 0.3 is 0 Å². The molecule has 0 saturated carbocycles. The van der Waals surface area contributed by atoms with Gasteiger partial charge in [0.15, 0.2) is 5.96 Å². The van der Waals surface area contributed by atoms with E-state index in [1.807, 2.05) is 30.2 Å². The fraction of sp³-hybridized carbons (Fsp3) is 0.500. The number of hydrogen-bond acceptors (Lipinski definition) is 3. The maximum Gasteiger partial charge on any atom is 0.193 e. The maximum absolute atomic E-state index is 5.74. The third kappa shape index (κ3) is 6.21. The van der Waals surface area contributed by atoms with Gasteiger partial charge in [0.05, 0.1) is 12.6 Å². The predicted octanol–water partition coefficient (Wildman–Crippen LogP) is 3.13. The summed E-state index contributed by atoms with van der Waals surface area (Å²) in [5.41, 5.74) is 2.54. The predicted molar refractivity (Wildman–Crippen MR) is 120 cm³/mol. The van der Waals surface area contributed by atoms with Crippen molar-refractivity contribution in [3.63, 3.8) is 0 Å². The Kier molecular flexibility index (Phi) is 9.06. The van der Waals surface area contributed by atoms with Crippen LogP contribution in [0.25, 0.3) is 0 Å². The fourth-order valence-electron chi connectivity index (χ4n) is 3.43. The Morgan fingerprint density at radius 3 is 2.59 bits per heavy atom. The van der Waals surface area contributed by atoms with Crippen LogP contribution in [0.4, 0.5) is 0 Å². The van der Waals surface area contributed by atoms with Crippen molar-refractivity contribution in [2.45, 2.75) is 39.0 Å². The Morgan fingerprint density at radius 1 is 1.22 bits per heavy atom. The van der Waals surface area contributed by atoms with Gasteiger partial charge in [0.25, 0.3) is 0 Å². The average molecular weight is 483 g/mol. The summed E-state index contributed by atoms with van der Waals surface area (Å²) in [7, 11) is 1.85. The number of nitrogens with zero attached hydrogens (tertiary/aromatic N) is 4. The summed E-state index contributed by atoms with van der Waals surface area (Å²) in [6.45, 7) is 6.37. The summed E-state index contributed by atoms with van der Waals surface area (Å²) in [6.07, 6.45) is 6.32. The Balaban J connectivity index is 0.00000261. The zero-order chi connectivity index (χ0) is 18.2. The Labute approximate surface area is 179 Å². The van der Waals surface area contributed by atoms with Crippen LogP contribution in [-0.4, -0.2) is 53.5 Å². The lowest BCUT2D eigenvalue weighted by Crippen LogP contribution is -2.46. The first-order valence-electron chi connectivity index (χ1n) is 9.41. The van der Waals surface area contributed by atoms with E-state index in [0.29, 0.717) is 6.10 Å². The van der Waals surface area contributed by atoms with E-state index in [-0.39, 0.29) is 24.0 Å². The molecule has 1 N–H and O–H groups in total. The number of benzene rings is 1. The van der Waals surface area contributed by atoms with Gasteiger partial charge in [-0.2, -0.15) is 5.10 Å². The third-order valence-corrected chi connectivity index (χ3v) is 4.80. The van der Waals surface area contributed by atoms with Crippen LogP contribution in [-0.2, 0) is 17.8 Å². The van der Waals surface area contributed by atoms with Crippen LogP contribution < -0.4 is 5.32 Å². The number of piperidine rings is 1. The molecule has 1 aromatic carbocycles. The fourth-order valence-corrected chi connectivity index (χ4v) is 3.43. The molecule has 0 atom stereocenters. The monoisotopic (exact) mass is 483 g/mol. The van der Waals surface area contributed by atoms with E-state index in [2.05, 4.69) is 51.5 Å². The highest BCUT2D eigenvalue weighted by atomic mass is 127. The standard InChI is InChI=1S/C20H29N5O.HI/c1-3-26-19-9-13-24(14-10-19)20(21-2)22-15-17-7-4-5-8-18(17)16-25-12-6-11-23-25;/h4-8,11-12,19H,3,9-10,13-16H2,1-2H3,(H,21,22);1H. The molecule has 2 heterocycles. The molecule has 3 rings (SSSR count). The minimum Gasteiger partial charge on any atom is -0.378 e. The average Bonchev–Trinajstić information content (AvgIpc) is 3.18. The summed E-state index contributed by atoms with van der Waals surface area (Å²) in [6, 6.07) is 10.4. The largest absolute Gasteiger partial charge is 0.378 e. The number of likely N-dealkylation sites (tertiary alicyclic amines) is 1. The summed E-state index contributed by atoms with van der Waals surface area (Å²) < 4.78 is 7.69. The van der Waals surface area contributed by atoms with Crippen molar-refractivity contribution in [1.29, 1.82) is 0 Å². The highest BCUT2D eigenvalue weighted by molar-refractivity contribution is 14.0. The summed E-state index contributed by atoms with van der Waals surface area (Å²) in [4.78, 5) is 6.80. The lowest BCUT2D eigenvalue weighted by Gasteiger charge is -2.34. The molecule has 1 fully saturated rings. The maximum atomic E-state index is 5.74. The van der Waals surface area contributed by atoms with Gasteiger partial charge < -0.3 is 15.0 Å². The second-order valence-electron chi connectivity index (χ2n) is 6.51. The highest BCUT2D eigenvalue weighted by Crippen LogP contribution is 2.15. The minimum absolute atomic E-state index is 0. The van der Waals surface area contributed by atoms with Crippen LogP contribution in [0.1, 0.15) is 30.9 Å². The second-order valence-corrected chi connectivity index (χ2v) is 6.51. The van der Waals surface area contributed by atoms with Crippen LogP contribution in [0.15, 0.2) is 47.7 Å². The molecular weight excluding hydrogens is 453 g/mol. The van der Waals surface area contributed by atoms with Crippen molar-refractivity contribution >= 4 is 29.9 Å². The highest BCUT2D eigenvalue weighted by Gasteiger charge is 2.21. The zero-order valence-electron chi connectivity index (χ0n) is 16.2. The molecule has 148 valence electrons. The van der Waals surface area contributed by atoms with E-state index in [1.54, 1.807) is 0 Å². The molecule has 2 aromatic rings. The van der Waals surface area contributed by atoms with Crippen molar-refractivity contribution in [3.8, 4) is 0 Å². The first-order chi connectivity index (χ1) is 12.8. The molecule has 0 amide bonds. The topological polar surface area (TPSA) is 54.7 Å². The van der Waals surface area contributed by atoms with E-state index in [4.69, 9.17) is 4.74 Å². The smallest absolute Gasteiger partial charge is 0.193 e.